The quantitative estimate of drug-likeness (QED) is 0.308. The molecule has 0 spiro atoms. The third-order valence-electron chi connectivity index (χ3n) is 2.93. The Labute approximate surface area is 123 Å². The Kier molecular flexibility index (Phi) is 3.43. The molecule has 3 rings (SSSR count). The van der Waals surface area contributed by atoms with Crippen LogP contribution in [0.15, 0.2) is 36.4 Å². The van der Waals surface area contributed by atoms with E-state index in [4.69, 9.17) is 0 Å². The van der Waals surface area contributed by atoms with Crippen LogP contribution in [0, 0.1) is 21.0 Å². The van der Waals surface area contributed by atoms with Gasteiger partial charge in [-0.1, -0.05) is 0 Å². The summed E-state index contributed by atoms with van der Waals surface area (Å²) < 4.78 is 4.81. The molecular formula is C15H14I2-2. The van der Waals surface area contributed by atoms with Gasteiger partial charge in [-0.2, -0.15) is 0 Å². The van der Waals surface area contributed by atoms with E-state index in [0.717, 1.165) is 0 Å². The summed E-state index contributed by atoms with van der Waals surface area (Å²) in [7, 11) is 0. The van der Waals surface area contributed by atoms with Crippen LogP contribution in [0.2, 0.25) is 0 Å². The van der Waals surface area contributed by atoms with Gasteiger partial charge in [0.2, 0.25) is 0 Å². The fourth-order valence-corrected chi connectivity index (χ4v) is 11.1. The van der Waals surface area contributed by atoms with Crippen molar-refractivity contribution in [3.05, 3.63) is 54.7 Å². The molecular weight excluding hydrogens is 434 g/mol. The molecule has 2 aromatic carbocycles. The van der Waals surface area contributed by atoms with Crippen molar-refractivity contribution in [3.8, 4) is 11.1 Å². The van der Waals surface area contributed by atoms with Gasteiger partial charge in [-0.15, -0.1) is 0 Å². The number of benzene rings is 2. The summed E-state index contributed by atoms with van der Waals surface area (Å²) in [5, 5.41) is 0. The van der Waals surface area contributed by atoms with Crippen LogP contribution in [-0.2, 0) is 0 Å². The van der Waals surface area contributed by atoms with Crippen LogP contribution < -0.4 is 42.4 Å². The van der Waals surface area contributed by atoms with E-state index >= 15 is 0 Å². The second kappa shape index (κ2) is 4.88. The first-order chi connectivity index (χ1) is 8.24. The van der Waals surface area contributed by atoms with E-state index in [0.29, 0.717) is 0 Å². The van der Waals surface area contributed by atoms with Crippen molar-refractivity contribution in [1.29, 1.82) is 0 Å². The monoisotopic (exact) mass is 448 g/mol. The number of rotatable bonds is 0. The predicted octanol–water partition coefficient (Wildman–Crippen LogP) is -2.54. The molecule has 0 N–H and O–H groups in total. The van der Waals surface area contributed by atoms with Gasteiger partial charge < -0.3 is 0 Å². The van der Waals surface area contributed by atoms with Gasteiger partial charge in [-0.05, 0) is 0 Å². The van der Waals surface area contributed by atoms with Gasteiger partial charge in [0, 0.05) is 0 Å². The molecule has 1 heterocycles. The van der Waals surface area contributed by atoms with Crippen molar-refractivity contribution in [2.75, 3.05) is 2.43 Å². The first-order valence-corrected chi connectivity index (χ1v) is 10.8. The van der Waals surface area contributed by atoms with Gasteiger partial charge >= 0.3 is 124 Å². The molecule has 0 nitrogen and oxygen atoms in total. The SMILES string of the molecule is Cc1ccc2c(c1)[I-]C[I-]c1cc(C)ccc1-2. The van der Waals surface area contributed by atoms with Crippen LogP contribution in [0.5, 0.6) is 0 Å². The van der Waals surface area contributed by atoms with E-state index in [9.17, 15) is 0 Å². The zero-order chi connectivity index (χ0) is 11.8. The molecule has 0 atom stereocenters. The minimum absolute atomic E-state index is 0.241. The molecule has 0 amide bonds. The molecule has 2 heteroatoms. The van der Waals surface area contributed by atoms with E-state index < -0.39 is 0 Å². The average molecular weight is 448 g/mol. The summed E-state index contributed by atoms with van der Waals surface area (Å²) in [6.07, 6.45) is 0. The average Bonchev–Trinajstić information content (AvgIpc) is 2.47. The van der Waals surface area contributed by atoms with Crippen molar-refractivity contribution in [3.63, 3.8) is 0 Å². The van der Waals surface area contributed by atoms with Crippen LogP contribution >= 0.6 is 0 Å². The predicted molar refractivity (Wildman–Crippen MR) is 63.6 cm³/mol. The van der Waals surface area contributed by atoms with Crippen LogP contribution in [-0.4, -0.2) is 2.43 Å². The molecule has 0 bridgehead atoms. The fraction of sp³-hybridized carbons (Fsp3) is 0.200. The first-order valence-electron chi connectivity index (χ1n) is 5.64. The molecule has 0 saturated heterocycles. The second-order valence-corrected chi connectivity index (χ2v) is 12.6. The summed E-state index contributed by atoms with van der Waals surface area (Å²) in [6.45, 7) is 4.42. The summed E-state index contributed by atoms with van der Waals surface area (Å²) in [4.78, 5) is 0. The van der Waals surface area contributed by atoms with Crippen molar-refractivity contribution < 1.29 is 42.4 Å². The number of hydrogen-bond donors (Lipinski definition) is 0. The maximum atomic E-state index is 2.42. The summed E-state index contributed by atoms with van der Waals surface area (Å²) in [6, 6.07) is 14.0. The molecule has 17 heavy (non-hydrogen) atoms. The molecule has 0 aromatic heterocycles. The van der Waals surface area contributed by atoms with Crippen LogP contribution in [0.4, 0.5) is 0 Å². The normalized spacial score (nSPS) is 14.7. The van der Waals surface area contributed by atoms with E-state index in [-0.39, 0.29) is 42.4 Å². The Bertz CT molecular complexity index is 522. The second-order valence-electron chi connectivity index (χ2n) is 4.33. The van der Waals surface area contributed by atoms with E-state index in [1.165, 1.54) is 24.7 Å². The van der Waals surface area contributed by atoms with Gasteiger partial charge in [0.25, 0.3) is 0 Å². The number of alkyl halides is 2. The third kappa shape index (κ3) is 2.38. The fourth-order valence-electron chi connectivity index (χ4n) is 2.03. The van der Waals surface area contributed by atoms with Gasteiger partial charge in [-0.25, -0.2) is 0 Å². The van der Waals surface area contributed by atoms with Crippen molar-refractivity contribution in [2.24, 2.45) is 0 Å². The summed E-state index contributed by atoms with van der Waals surface area (Å²) in [5.74, 6) is 0. The number of fused-ring (bicyclic) bond motifs is 3. The Morgan fingerprint density at radius 3 is 1.71 bits per heavy atom. The van der Waals surface area contributed by atoms with Gasteiger partial charge in [-0.3, -0.25) is 0 Å². The summed E-state index contributed by atoms with van der Waals surface area (Å²) in [5.41, 5.74) is 5.88. The standard InChI is InChI=1S/C15H14I2/c1-10-3-5-12-13-6-4-11(2)8-15(13)17-9-16-14(12)7-10/h3-8H,9H2,1-2H3/q-2. The van der Waals surface area contributed by atoms with Crippen molar-refractivity contribution in [2.45, 2.75) is 13.8 Å². The Morgan fingerprint density at radius 1 is 0.765 bits per heavy atom. The topological polar surface area (TPSA) is 0 Å². The molecule has 0 aliphatic carbocycles. The molecule has 1 aliphatic heterocycles. The van der Waals surface area contributed by atoms with E-state index in [1.54, 1.807) is 7.14 Å². The number of halogens is 2. The van der Waals surface area contributed by atoms with Crippen molar-refractivity contribution >= 4 is 0 Å². The maximum absolute atomic E-state index is 2.42. The molecule has 0 unspecified atom stereocenters. The third-order valence-corrected chi connectivity index (χ3v) is 10.8. The molecule has 90 valence electrons. The molecule has 1 aliphatic rings. The van der Waals surface area contributed by atoms with E-state index in [2.05, 4.69) is 50.2 Å². The first kappa shape index (κ1) is 12.0. The Morgan fingerprint density at radius 2 is 1.24 bits per heavy atom. The van der Waals surface area contributed by atoms with Gasteiger partial charge in [0.15, 0.2) is 0 Å². The molecule has 2 aromatic rings. The zero-order valence-electron chi connectivity index (χ0n) is 9.93. The molecule has 0 radical (unpaired) electrons. The van der Waals surface area contributed by atoms with Gasteiger partial charge in [0.05, 0.1) is 0 Å². The number of aryl methyl sites for hydroxylation is 2. The van der Waals surface area contributed by atoms with Crippen LogP contribution in [0.25, 0.3) is 11.1 Å². The van der Waals surface area contributed by atoms with Crippen LogP contribution in [0.3, 0.4) is 0 Å². The van der Waals surface area contributed by atoms with Gasteiger partial charge in [0.1, 0.15) is 0 Å². The Balaban J connectivity index is 2.24. The zero-order valence-corrected chi connectivity index (χ0v) is 14.2. The van der Waals surface area contributed by atoms with Crippen molar-refractivity contribution in [1.82, 2.24) is 0 Å². The van der Waals surface area contributed by atoms with Crippen LogP contribution in [0.1, 0.15) is 11.1 Å². The minimum atomic E-state index is 0.241. The molecule has 0 saturated carbocycles. The number of hydrogen-bond acceptors (Lipinski definition) is 0. The summed E-state index contributed by atoms with van der Waals surface area (Å²) >= 11 is 0.483. The molecule has 0 fully saturated rings. The van der Waals surface area contributed by atoms with E-state index in [1.807, 2.05) is 0 Å². The Hall–Kier alpha value is -0.100.